The molecule has 2 aromatic rings. The van der Waals surface area contributed by atoms with E-state index in [0.29, 0.717) is 46.0 Å². The molecule has 0 bridgehead atoms. The van der Waals surface area contributed by atoms with E-state index in [9.17, 15) is 9.59 Å². The Morgan fingerprint density at radius 1 is 1.17 bits per heavy atom. The third kappa shape index (κ3) is 4.76. The van der Waals surface area contributed by atoms with Gasteiger partial charge in [0.1, 0.15) is 6.61 Å². The van der Waals surface area contributed by atoms with Crippen molar-refractivity contribution in [3.05, 3.63) is 69.3 Å². The molecule has 30 heavy (non-hydrogen) atoms. The highest BCUT2D eigenvalue weighted by Crippen LogP contribution is 2.41. The molecule has 158 valence electrons. The highest BCUT2D eigenvalue weighted by Gasteiger charge is 2.33. The SMILES string of the molecule is CCOc1cc([C@H]2NC(=O)NC(C)=C2C(=O)OC)cc(Br)c1OCc1ccccc1. The molecule has 7 nitrogen and oxygen atoms in total. The number of rotatable bonds is 7. The van der Waals surface area contributed by atoms with Crippen molar-refractivity contribution in [2.24, 2.45) is 0 Å². The van der Waals surface area contributed by atoms with Gasteiger partial charge in [0.05, 0.1) is 29.8 Å². The van der Waals surface area contributed by atoms with Crippen molar-refractivity contribution < 1.29 is 23.8 Å². The highest BCUT2D eigenvalue weighted by atomic mass is 79.9. The molecule has 0 fully saturated rings. The van der Waals surface area contributed by atoms with E-state index in [4.69, 9.17) is 14.2 Å². The van der Waals surface area contributed by atoms with Gasteiger partial charge >= 0.3 is 12.0 Å². The zero-order chi connectivity index (χ0) is 21.7. The fraction of sp³-hybridized carbons (Fsp3) is 0.273. The first kappa shape index (κ1) is 21.7. The first-order valence-electron chi connectivity index (χ1n) is 9.44. The molecule has 0 unspecified atom stereocenters. The summed E-state index contributed by atoms with van der Waals surface area (Å²) in [6, 6.07) is 12.3. The van der Waals surface area contributed by atoms with Gasteiger partial charge in [-0.3, -0.25) is 0 Å². The largest absolute Gasteiger partial charge is 0.490 e. The molecule has 1 aliphatic rings. The average molecular weight is 475 g/mol. The third-order valence-corrected chi connectivity index (χ3v) is 5.15. The Balaban J connectivity index is 1.98. The topological polar surface area (TPSA) is 85.9 Å². The molecule has 3 rings (SSSR count). The lowest BCUT2D eigenvalue weighted by molar-refractivity contribution is -0.136. The molecule has 2 aromatic carbocycles. The number of carbonyl (C=O) groups excluding carboxylic acids is 2. The molecular weight excluding hydrogens is 452 g/mol. The van der Waals surface area contributed by atoms with Crippen molar-refractivity contribution in [2.45, 2.75) is 26.5 Å². The molecule has 8 heteroatoms. The molecule has 1 aliphatic heterocycles. The van der Waals surface area contributed by atoms with Gasteiger partial charge in [-0.2, -0.15) is 0 Å². The second-order valence-corrected chi connectivity index (χ2v) is 7.45. The zero-order valence-corrected chi connectivity index (χ0v) is 18.5. The van der Waals surface area contributed by atoms with Crippen LogP contribution >= 0.6 is 15.9 Å². The number of methoxy groups -OCH3 is 1. The summed E-state index contributed by atoms with van der Waals surface area (Å²) < 4.78 is 17.4. The lowest BCUT2D eigenvalue weighted by Crippen LogP contribution is -2.45. The maximum atomic E-state index is 12.4. The molecule has 1 heterocycles. The van der Waals surface area contributed by atoms with Crippen LogP contribution in [0.25, 0.3) is 0 Å². The molecule has 0 aromatic heterocycles. The van der Waals surface area contributed by atoms with Gasteiger partial charge in [-0.05, 0) is 53.0 Å². The second kappa shape index (κ2) is 9.67. The fourth-order valence-corrected chi connectivity index (χ4v) is 3.79. The minimum absolute atomic E-state index is 0.324. The second-order valence-electron chi connectivity index (χ2n) is 6.60. The number of benzene rings is 2. The number of ether oxygens (including phenoxy) is 3. The Bertz CT molecular complexity index is 975. The van der Waals surface area contributed by atoms with Gasteiger partial charge in [-0.1, -0.05) is 30.3 Å². The summed E-state index contributed by atoms with van der Waals surface area (Å²) in [5.74, 6) is 0.529. The standard InChI is InChI=1S/C22H23BrN2O5/c1-4-29-17-11-15(19-18(21(26)28-3)13(2)24-22(27)25-19)10-16(23)20(17)30-12-14-8-6-5-7-9-14/h5-11,19H,4,12H2,1-3H3,(H2,24,25,27)/t19-/m1/s1. The molecule has 0 aliphatic carbocycles. The van der Waals surface area contributed by atoms with E-state index in [1.54, 1.807) is 19.1 Å². The van der Waals surface area contributed by atoms with E-state index < -0.39 is 18.0 Å². The van der Waals surface area contributed by atoms with Crippen molar-refractivity contribution in [3.63, 3.8) is 0 Å². The first-order valence-corrected chi connectivity index (χ1v) is 10.2. The van der Waals surface area contributed by atoms with Crippen LogP contribution < -0.4 is 20.1 Å². The smallest absolute Gasteiger partial charge is 0.337 e. The molecule has 0 saturated heterocycles. The molecule has 2 N–H and O–H groups in total. The average Bonchev–Trinajstić information content (AvgIpc) is 2.73. The van der Waals surface area contributed by atoms with E-state index in [-0.39, 0.29) is 0 Å². The van der Waals surface area contributed by atoms with Crippen LogP contribution in [-0.2, 0) is 16.1 Å². The van der Waals surface area contributed by atoms with Crippen LogP contribution in [-0.4, -0.2) is 25.7 Å². The number of carbonyl (C=O) groups is 2. The van der Waals surface area contributed by atoms with Crippen molar-refractivity contribution in [3.8, 4) is 11.5 Å². The Kier molecular flexibility index (Phi) is 6.99. The van der Waals surface area contributed by atoms with Gasteiger partial charge in [0.15, 0.2) is 11.5 Å². The lowest BCUT2D eigenvalue weighted by Gasteiger charge is -2.28. The Morgan fingerprint density at radius 2 is 1.90 bits per heavy atom. The van der Waals surface area contributed by atoms with E-state index in [1.165, 1.54) is 7.11 Å². The molecule has 0 saturated carbocycles. The van der Waals surface area contributed by atoms with Gasteiger partial charge in [-0.15, -0.1) is 0 Å². The number of nitrogens with one attached hydrogen (secondary N) is 2. The summed E-state index contributed by atoms with van der Waals surface area (Å²) >= 11 is 3.55. The first-order chi connectivity index (χ1) is 14.4. The third-order valence-electron chi connectivity index (χ3n) is 4.57. The van der Waals surface area contributed by atoms with Crippen LogP contribution in [0.3, 0.4) is 0 Å². The highest BCUT2D eigenvalue weighted by molar-refractivity contribution is 9.10. The summed E-state index contributed by atoms with van der Waals surface area (Å²) in [7, 11) is 1.30. The van der Waals surface area contributed by atoms with Gasteiger partial charge in [0.25, 0.3) is 0 Å². The maximum Gasteiger partial charge on any atom is 0.337 e. The molecular formula is C22H23BrN2O5. The fourth-order valence-electron chi connectivity index (χ4n) is 3.21. The van der Waals surface area contributed by atoms with Crippen LogP contribution in [0.4, 0.5) is 4.79 Å². The van der Waals surface area contributed by atoms with Gasteiger partial charge in [-0.25, -0.2) is 9.59 Å². The predicted octanol–water partition coefficient (Wildman–Crippen LogP) is 4.23. The van der Waals surface area contributed by atoms with Crippen LogP contribution in [0.5, 0.6) is 11.5 Å². The van der Waals surface area contributed by atoms with Crippen molar-refractivity contribution in [2.75, 3.05) is 13.7 Å². The molecule has 0 radical (unpaired) electrons. The number of halogens is 1. The number of hydrogen-bond acceptors (Lipinski definition) is 5. The zero-order valence-electron chi connectivity index (χ0n) is 17.0. The van der Waals surface area contributed by atoms with Gasteiger partial charge < -0.3 is 24.8 Å². The Labute approximate surface area is 183 Å². The Hall–Kier alpha value is -3.00. The number of allylic oxidation sites excluding steroid dienone is 1. The van der Waals surface area contributed by atoms with E-state index in [2.05, 4.69) is 26.6 Å². The lowest BCUT2D eigenvalue weighted by atomic mass is 9.95. The minimum Gasteiger partial charge on any atom is -0.490 e. The molecule has 1 atom stereocenters. The van der Waals surface area contributed by atoms with Crippen LogP contribution in [0.2, 0.25) is 0 Å². The summed E-state index contributed by atoms with van der Waals surface area (Å²) in [5.41, 5.74) is 2.44. The van der Waals surface area contributed by atoms with Crippen LogP contribution in [0.1, 0.15) is 31.0 Å². The van der Waals surface area contributed by atoms with Gasteiger partial charge in [0.2, 0.25) is 0 Å². The molecule has 2 amide bonds. The molecule has 0 spiro atoms. The number of esters is 1. The van der Waals surface area contributed by atoms with Crippen molar-refractivity contribution >= 4 is 27.9 Å². The number of urea groups is 1. The monoisotopic (exact) mass is 474 g/mol. The number of hydrogen-bond donors (Lipinski definition) is 2. The summed E-state index contributed by atoms with van der Waals surface area (Å²) in [4.78, 5) is 24.4. The summed E-state index contributed by atoms with van der Waals surface area (Å²) in [6.07, 6.45) is 0. The van der Waals surface area contributed by atoms with Crippen molar-refractivity contribution in [1.29, 1.82) is 0 Å². The predicted molar refractivity (Wildman–Crippen MR) is 115 cm³/mol. The van der Waals surface area contributed by atoms with E-state index >= 15 is 0 Å². The number of amides is 2. The van der Waals surface area contributed by atoms with E-state index in [0.717, 1.165) is 5.56 Å². The van der Waals surface area contributed by atoms with Crippen molar-refractivity contribution in [1.82, 2.24) is 10.6 Å². The van der Waals surface area contributed by atoms with Gasteiger partial charge in [0, 0.05) is 5.70 Å². The quantitative estimate of drug-likeness (QED) is 0.586. The summed E-state index contributed by atoms with van der Waals surface area (Å²) in [5, 5.41) is 5.39. The van der Waals surface area contributed by atoms with E-state index in [1.807, 2.05) is 37.3 Å². The Morgan fingerprint density at radius 3 is 2.57 bits per heavy atom. The minimum atomic E-state index is -0.690. The maximum absolute atomic E-state index is 12.4. The van der Waals surface area contributed by atoms with Crippen LogP contribution in [0, 0.1) is 0 Å². The summed E-state index contributed by atoms with van der Waals surface area (Å²) in [6.45, 7) is 4.33. The normalized spacial score (nSPS) is 15.9. The van der Waals surface area contributed by atoms with Crippen LogP contribution in [0.15, 0.2) is 58.2 Å².